The van der Waals surface area contributed by atoms with Crippen LogP contribution in [-0.2, 0) is 0 Å². The van der Waals surface area contributed by atoms with E-state index in [0.717, 1.165) is 29.8 Å². The molecule has 10 nitrogen and oxygen atoms in total. The second-order valence-corrected chi connectivity index (χ2v) is 6.53. The van der Waals surface area contributed by atoms with E-state index in [1.165, 1.54) is 0 Å². The van der Waals surface area contributed by atoms with Crippen molar-refractivity contribution in [1.82, 2.24) is 5.01 Å². The van der Waals surface area contributed by atoms with E-state index in [0.29, 0.717) is 10.7 Å². The molecule has 1 aliphatic heterocycles. The van der Waals surface area contributed by atoms with Crippen molar-refractivity contribution in [2.45, 2.75) is 6.92 Å². The van der Waals surface area contributed by atoms with Crippen molar-refractivity contribution in [3.63, 3.8) is 0 Å². The summed E-state index contributed by atoms with van der Waals surface area (Å²) in [4.78, 5) is 47.1. The minimum atomic E-state index is -0.786. The second kappa shape index (κ2) is 6.37. The summed E-state index contributed by atoms with van der Waals surface area (Å²) in [7, 11) is 0. The smallest absolute Gasteiger partial charge is 0.280 e. The number of non-ortho nitro benzene ring substituents is 2. The number of carbonyl (C=O) groups is 2. The molecule has 3 aromatic rings. The fourth-order valence-electron chi connectivity index (χ4n) is 3.31. The van der Waals surface area contributed by atoms with Crippen molar-refractivity contribution in [1.29, 1.82) is 0 Å². The van der Waals surface area contributed by atoms with Gasteiger partial charge in [-0.05, 0) is 30.0 Å². The number of nitrogens with one attached hydrogen (secondary N) is 1. The molecule has 0 saturated carbocycles. The van der Waals surface area contributed by atoms with Gasteiger partial charge in [0.2, 0.25) is 0 Å². The number of nitrogens with zero attached hydrogens (tertiary/aromatic N) is 3. The molecule has 2 amide bonds. The van der Waals surface area contributed by atoms with E-state index < -0.39 is 33.0 Å². The Labute approximate surface area is 162 Å². The lowest BCUT2D eigenvalue weighted by Crippen LogP contribution is -2.44. The van der Waals surface area contributed by atoms with Gasteiger partial charge in [-0.15, -0.1) is 0 Å². The number of nitro benzene ring substituents is 2. The molecule has 4 rings (SSSR count). The molecule has 0 atom stereocenters. The highest BCUT2D eigenvalue weighted by Crippen LogP contribution is 2.36. The topological polar surface area (TPSA) is 136 Å². The molecule has 0 aromatic heterocycles. The maximum absolute atomic E-state index is 13.0. The molecular formula is C19H12N4O6. The number of imide groups is 1. The highest BCUT2D eigenvalue weighted by Gasteiger charge is 2.36. The van der Waals surface area contributed by atoms with Crippen LogP contribution in [0.25, 0.3) is 10.8 Å². The van der Waals surface area contributed by atoms with E-state index in [-0.39, 0.29) is 21.9 Å². The van der Waals surface area contributed by atoms with Crippen LogP contribution in [0.1, 0.15) is 26.3 Å². The zero-order valence-corrected chi connectivity index (χ0v) is 14.9. The average Bonchev–Trinajstić information content (AvgIpc) is 2.68. The van der Waals surface area contributed by atoms with Gasteiger partial charge in [0, 0.05) is 29.7 Å². The van der Waals surface area contributed by atoms with E-state index in [9.17, 15) is 29.8 Å². The molecular weight excluding hydrogens is 380 g/mol. The third-order valence-corrected chi connectivity index (χ3v) is 4.57. The Hall–Kier alpha value is -4.34. The summed E-state index contributed by atoms with van der Waals surface area (Å²) >= 11 is 0. The third-order valence-electron chi connectivity index (χ3n) is 4.57. The van der Waals surface area contributed by atoms with Crippen LogP contribution < -0.4 is 5.43 Å². The lowest BCUT2D eigenvalue weighted by molar-refractivity contribution is -0.385. The van der Waals surface area contributed by atoms with Gasteiger partial charge in [0.1, 0.15) is 0 Å². The van der Waals surface area contributed by atoms with Crippen LogP contribution >= 0.6 is 0 Å². The van der Waals surface area contributed by atoms with E-state index in [1.807, 2.05) is 13.0 Å². The predicted molar refractivity (Wildman–Crippen MR) is 103 cm³/mol. The van der Waals surface area contributed by atoms with Crippen LogP contribution in [0.15, 0.2) is 48.5 Å². The first kappa shape index (κ1) is 18.0. The van der Waals surface area contributed by atoms with Gasteiger partial charge in [-0.25, -0.2) is 0 Å². The molecule has 0 aliphatic carbocycles. The minimum Gasteiger partial charge on any atom is -0.288 e. The molecule has 29 heavy (non-hydrogen) atoms. The fourth-order valence-corrected chi connectivity index (χ4v) is 3.31. The Kier molecular flexibility index (Phi) is 3.97. The summed E-state index contributed by atoms with van der Waals surface area (Å²) in [6.45, 7) is 1.83. The van der Waals surface area contributed by atoms with E-state index in [1.54, 1.807) is 18.2 Å². The fraction of sp³-hybridized carbons (Fsp3) is 0.0526. The highest BCUT2D eigenvalue weighted by molar-refractivity contribution is 6.26. The van der Waals surface area contributed by atoms with Crippen LogP contribution in [0, 0.1) is 27.2 Å². The monoisotopic (exact) mass is 392 g/mol. The normalized spacial score (nSPS) is 12.9. The molecule has 144 valence electrons. The van der Waals surface area contributed by atoms with Crippen molar-refractivity contribution in [2.75, 3.05) is 5.43 Å². The Balaban J connectivity index is 1.94. The first-order valence-electron chi connectivity index (χ1n) is 8.39. The lowest BCUT2D eigenvalue weighted by Gasteiger charge is -2.27. The number of amides is 2. The van der Waals surface area contributed by atoms with E-state index in [4.69, 9.17) is 0 Å². The van der Waals surface area contributed by atoms with Gasteiger partial charge in [-0.3, -0.25) is 35.2 Å². The number of nitro groups is 2. The number of hydrogen-bond acceptors (Lipinski definition) is 7. The van der Waals surface area contributed by atoms with Gasteiger partial charge in [-0.1, -0.05) is 12.1 Å². The number of rotatable bonds is 4. The first-order chi connectivity index (χ1) is 13.8. The summed E-state index contributed by atoms with van der Waals surface area (Å²) in [6.07, 6.45) is 0. The Morgan fingerprint density at radius 1 is 0.862 bits per heavy atom. The van der Waals surface area contributed by atoms with Crippen LogP contribution in [0.4, 0.5) is 17.1 Å². The van der Waals surface area contributed by atoms with Gasteiger partial charge in [0.25, 0.3) is 23.2 Å². The van der Waals surface area contributed by atoms with E-state index >= 15 is 0 Å². The first-order valence-corrected chi connectivity index (χ1v) is 8.39. The molecule has 1 N–H and O–H groups in total. The summed E-state index contributed by atoms with van der Waals surface area (Å²) in [5.41, 5.74) is 3.04. The Morgan fingerprint density at radius 3 is 1.90 bits per heavy atom. The molecule has 0 saturated heterocycles. The standard InChI is InChI=1S/C19H12N4O6/c1-10-3-2-4-12(5-10)20-21-18(24)15-8-13(22(26)27)6-11-7-14(23(28)29)9-16(17(11)15)19(21)25/h2-9,20H,1H3. The molecule has 3 aromatic carbocycles. The zero-order valence-electron chi connectivity index (χ0n) is 14.9. The Morgan fingerprint density at radius 2 is 1.41 bits per heavy atom. The number of anilines is 1. The van der Waals surface area contributed by atoms with Crippen LogP contribution in [0.3, 0.4) is 0 Å². The molecule has 0 spiro atoms. The molecule has 10 heteroatoms. The van der Waals surface area contributed by atoms with Gasteiger partial charge in [0.05, 0.1) is 26.7 Å². The predicted octanol–water partition coefficient (Wildman–Crippen LogP) is 3.59. The maximum Gasteiger partial charge on any atom is 0.280 e. The summed E-state index contributed by atoms with van der Waals surface area (Å²) in [5, 5.41) is 23.5. The number of carbonyl (C=O) groups excluding carboxylic acids is 2. The summed E-state index contributed by atoms with van der Waals surface area (Å²) < 4.78 is 0. The van der Waals surface area contributed by atoms with E-state index in [2.05, 4.69) is 5.43 Å². The maximum atomic E-state index is 13.0. The number of hydrazine groups is 1. The van der Waals surface area contributed by atoms with Gasteiger partial charge >= 0.3 is 0 Å². The van der Waals surface area contributed by atoms with Gasteiger partial charge in [0.15, 0.2) is 0 Å². The van der Waals surface area contributed by atoms with Crippen molar-refractivity contribution < 1.29 is 19.4 Å². The second-order valence-electron chi connectivity index (χ2n) is 6.53. The van der Waals surface area contributed by atoms with Crippen molar-refractivity contribution in [3.8, 4) is 0 Å². The summed E-state index contributed by atoms with van der Waals surface area (Å²) in [5.74, 6) is -1.57. The molecule has 0 bridgehead atoms. The van der Waals surface area contributed by atoms with Crippen LogP contribution in [-0.4, -0.2) is 26.7 Å². The largest absolute Gasteiger partial charge is 0.288 e. The quantitative estimate of drug-likeness (QED) is 0.407. The average molecular weight is 392 g/mol. The molecule has 1 heterocycles. The SMILES string of the molecule is Cc1cccc(NN2C(=O)c3cc([N+](=O)[O-])cc4cc([N+](=O)[O-])cc(c34)C2=O)c1. The third kappa shape index (κ3) is 2.92. The van der Waals surface area contributed by atoms with Crippen molar-refractivity contribution in [3.05, 3.63) is 85.4 Å². The molecule has 0 radical (unpaired) electrons. The Bertz CT molecular complexity index is 1180. The van der Waals surface area contributed by atoms with Gasteiger partial charge in [-0.2, -0.15) is 5.01 Å². The number of hydrogen-bond donors (Lipinski definition) is 1. The minimum absolute atomic E-state index is 0.0790. The number of benzene rings is 3. The van der Waals surface area contributed by atoms with Crippen LogP contribution in [0.2, 0.25) is 0 Å². The lowest BCUT2D eigenvalue weighted by atomic mass is 9.93. The zero-order chi connectivity index (χ0) is 20.9. The summed E-state index contributed by atoms with van der Waals surface area (Å²) in [6, 6.07) is 11.2. The van der Waals surface area contributed by atoms with Crippen LogP contribution in [0.5, 0.6) is 0 Å². The highest BCUT2D eigenvalue weighted by atomic mass is 16.6. The number of aryl methyl sites for hydroxylation is 1. The van der Waals surface area contributed by atoms with Crippen molar-refractivity contribution in [2.24, 2.45) is 0 Å². The van der Waals surface area contributed by atoms with Crippen molar-refractivity contribution >= 4 is 39.6 Å². The molecule has 1 aliphatic rings. The molecule has 0 fully saturated rings. The molecule has 0 unspecified atom stereocenters. The van der Waals surface area contributed by atoms with Gasteiger partial charge < -0.3 is 0 Å².